The van der Waals surface area contributed by atoms with Crippen LogP contribution in [-0.2, 0) is 22.6 Å². The fraction of sp³-hybridized carbons (Fsp3) is 0.231. The summed E-state index contributed by atoms with van der Waals surface area (Å²) in [5, 5.41) is 3.33. The van der Waals surface area contributed by atoms with Crippen LogP contribution in [0.3, 0.4) is 0 Å². The highest BCUT2D eigenvalue weighted by atomic mass is 35.5. The Morgan fingerprint density at radius 3 is 2.31 bits per heavy atom. The number of carbonyl (C=O) groups excluding carboxylic acids is 2. The summed E-state index contributed by atoms with van der Waals surface area (Å²) < 4.78 is 0. The molecule has 0 spiro atoms. The highest BCUT2D eigenvalue weighted by Crippen LogP contribution is 2.22. The van der Waals surface area contributed by atoms with Crippen LogP contribution >= 0.6 is 23.4 Å². The monoisotopic (exact) mass is 466 g/mol. The molecular weight excluding hydrogens is 440 g/mol. The summed E-state index contributed by atoms with van der Waals surface area (Å²) in [6.07, 6.45) is 0.433. The Bertz CT molecular complexity index is 1040. The molecule has 4 nitrogen and oxygen atoms in total. The van der Waals surface area contributed by atoms with E-state index in [-0.39, 0.29) is 17.6 Å². The quantitative estimate of drug-likeness (QED) is 0.445. The van der Waals surface area contributed by atoms with Crippen molar-refractivity contribution in [2.24, 2.45) is 0 Å². The van der Waals surface area contributed by atoms with Crippen LogP contribution in [0, 0.1) is 6.92 Å². The van der Waals surface area contributed by atoms with E-state index in [2.05, 4.69) is 5.32 Å². The van der Waals surface area contributed by atoms with Gasteiger partial charge in [0.1, 0.15) is 6.04 Å². The third kappa shape index (κ3) is 6.87. The summed E-state index contributed by atoms with van der Waals surface area (Å²) in [4.78, 5) is 29.0. The van der Waals surface area contributed by atoms with Crippen molar-refractivity contribution in [3.63, 3.8) is 0 Å². The Morgan fingerprint density at radius 1 is 0.969 bits per heavy atom. The molecule has 1 N–H and O–H groups in total. The van der Waals surface area contributed by atoms with Gasteiger partial charge in [-0.2, -0.15) is 0 Å². The van der Waals surface area contributed by atoms with Gasteiger partial charge < -0.3 is 10.2 Å². The molecule has 0 aromatic heterocycles. The zero-order chi connectivity index (χ0) is 22.9. The van der Waals surface area contributed by atoms with Crippen molar-refractivity contribution < 1.29 is 9.59 Å². The summed E-state index contributed by atoms with van der Waals surface area (Å²) in [6.45, 7) is 2.34. The summed E-state index contributed by atoms with van der Waals surface area (Å²) >= 11 is 7.65. The zero-order valence-corrected chi connectivity index (χ0v) is 19.8. The lowest BCUT2D eigenvalue weighted by atomic mass is 10.0. The molecule has 0 heterocycles. The number of benzene rings is 3. The molecule has 0 aliphatic heterocycles. The lowest BCUT2D eigenvalue weighted by molar-refractivity contribution is -0.139. The Kier molecular flexibility index (Phi) is 8.77. The highest BCUT2D eigenvalue weighted by Gasteiger charge is 2.29. The SMILES string of the molecule is CNC(=O)C(Cc1ccccc1)N(Cc1cccc(Cl)c1)C(=O)CSc1ccc(C)cc1. The van der Waals surface area contributed by atoms with Crippen LogP contribution in [0.2, 0.25) is 5.02 Å². The zero-order valence-electron chi connectivity index (χ0n) is 18.3. The van der Waals surface area contributed by atoms with E-state index in [1.165, 1.54) is 17.3 Å². The number of rotatable bonds is 9. The van der Waals surface area contributed by atoms with E-state index < -0.39 is 6.04 Å². The maximum Gasteiger partial charge on any atom is 0.242 e. The van der Waals surface area contributed by atoms with Gasteiger partial charge in [-0.05, 0) is 42.3 Å². The van der Waals surface area contributed by atoms with Gasteiger partial charge in [0.2, 0.25) is 11.8 Å². The highest BCUT2D eigenvalue weighted by molar-refractivity contribution is 8.00. The minimum Gasteiger partial charge on any atom is -0.357 e. The van der Waals surface area contributed by atoms with Crippen LogP contribution in [0.25, 0.3) is 0 Å². The molecule has 0 saturated heterocycles. The van der Waals surface area contributed by atoms with Crippen molar-refractivity contribution in [2.45, 2.75) is 30.8 Å². The second kappa shape index (κ2) is 11.7. The number of thioether (sulfide) groups is 1. The smallest absolute Gasteiger partial charge is 0.242 e. The number of likely N-dealkylation sites (N-methyl/N-ethyl adjacent to an activating group) is 1. The van der Waals surface area contributed by atoms with Gasteiger partial charge in [-0.3, -0.25) is 9.59 Å². The Balaban J connectivity index is 1.86. The third-order valence-corrected chi connectivity index (χ3v) is 6.37. The first-order valence-electron chi connectivity index (χ1n) is 10.4. The molecule has 0 aliphatic carbocycles. The number of nitrogens with one attached hydrogen (secondary N) is 1. The van der Waals surface area contributed by atoms with Crippen molar-refractivity contribution in [1.82, 2.24) is 10.2 Å². The number of nitrogens with zero attached hydrogens (tertiary/aromatic N) is 1. The average Bonchev–Trinajstić information content (AvgIpc) is 2.81. The van der Waals surface area contributed by atoms with Crippen LogP contribution in [0.1, 0.15) is 16.7 Å². The number of aryl methyl sites for hydroxylation is 1. The van der Waals surface area contributed by atoms with Gasteiger partial charge in [0.15, 0.2) is 0 Å². The topological polar surface area (TPSA) is 49.4 Å². The van der Waals surface area contributed by atoms with Crippen molar-refractivity contribution in [3.8, 4) is 0 Å². The fourth-order valence-electron chi connectivity index (χ4n) is 3.42. The van der Waals surface area contributed by atoms with Gasteiger partial charge in [-0.15, -0.1) is 11.8 Å². The summed E-state index contributed by atoms with van der Waals surface area (Å²) in [5.74, 6) is -0.0454. The fourth-order valence-corrected chi connectivity index (χ4v) is 4.41. The molecule has 0 aliphatic rings. The molecule has 3 aromatic carbocycles. The molecule has 3 aromatic rings. The van der Waals surface area contributed by atoms with E-state index in [1.807, 2.05) is 79.7 Å². The molecule has 166 valence electrons. The molecule has 1 unspecified atom stereocenters. The van der Waals surface area contributed by atoms with E-state index in [1.54, 1.807) is 18.0 Å². The van der Waals surface area contributed by atoms with Crippen molar-refractivity contribution in [3.05, 3.63) is 101 Å². The number of hydrogen-bond acceptors (Lipinski definition) is 3. The predicted octanol–water partition coefficient (Wildman–Crippen LogP) is 5.13. The van der Waals surface area contributed by atoms with E-state index in [9.17, 15) is 9.59 Å². The van der Waals surface area contributed by atoms with Crippen molar-refractivity contribution >= 4 is 35.2 Å². The van der Waals surface area contributed by atoms with Crippen LogP contribution in [0.15, 0.2) is 83.8 Å². The van der Waals surface area contributed by atoms with E-state index >= 15 is 0 Å². The maximum absolute atomic E-state index is 13.4. The molecule has 1 atom stereocenters. The molecule has 0 fully saturated rings. The van der Waals surface area contributed by atoms with Gasteiger partial charge in [0.25, 0.3) is 0 Å². The van der Waals surface area contributed by atoms with Crippen molar-refractivity contribution in [1.29, 1.82) is 0 Å². The van der Waals surface area contributed by atoms with Crippen molar-refractivity contribution in [2.75, 3.05) is 12.8 Å². The number of carbonyl (C=O) groups is 2. The Hall–Kier alpha value is -2.76. The van der Waals surface area contributed by atoms with Crippen LogP contribution in [-0.4, -0.2) is 35.6 Å². The van der Waals surface area contributed by atoms with Crippen LogP contribution in [0.4, 0.5) is 0 Å². The summed E-state index contributed by atoms with van der Waals surface area (Å²) in [6, 6.07) is 24.6. The average molecular weight is 467 g/mol. The summed E-state index contributed by atoms with van der Waals surface area (Å²) in [7, 11) is 1.60. The Morgan fingerprint density at radius 2 is 1.66 bits per heavy atom. The van der Waals surface area contributed by atoms with Gasteiger partial charge in [-0.1, -0.05) is 71.8 Å². The molecule has 0 bridgehead atoms. The molecule has 3 rings (SSSR count). The van der Waals surface area contributed by atoms with E-state index in [0.29, 0.717) is 18.0 Å². The molecule has 6 heteroatoms. The number of amides is 2. The minimum absolute atomic E-state index is 0.0971. The number of hydrogen-bond donors (Lipinski definition) is 1. The molecule has 0 radical (unpaired) electrons. The first-order chi connectivity index (χ1) is 15.5. The van der Waals surface area contributed by atoms with Gasteiger partial charge in [0.05, 0.1) is 5.75 Å². The number of halogens is 1. The molecule has 2 amide bonds. The normalized spacial score (nSPS) is 11.6. The summed E-state index contributed by atoms with van der Waals surface area (Å²) in [5.41, 5.74) is 3.05. The Labute approximate surface area is 199 Å². The molecule has 32 heavy (non-hydrogen) atoms. The van der Waals surface area contributed by atoms with Gasteiger partial charge in [-0.25, -0.2) is 0 Å². The van der Waals surface area contributed by atoms with Gasteiger partial charge in [0, 0.05) is 29.9 Å². The lowest BCUT2D eigenvalue weighted by Crippen LogP contribution is -2.50. The largest absolute Gasteiger partial charge is 0.357 e. The van der Waals surface area contributed by atoms with Crippen LogP contribution < -0.4 is 5.32 Å². The molecular formula is C26H27ClN2O2S. The maximum atomic E-state index is 13.4. The minimum atomic E-state index is -0.632. The second-order valence-electron chi connectivity index (χ2n) is 7.57. The second-order valence-corrected chi connectivity index (χ2v) is 9.06. The standard InChI is InChI=1S/C26H27ClN2O2S/c1-19-11-13-23(14-12-19)32-18-25(30)29(17-21-9-6-10-22(27)15-21)24(26(31)28-2)16-20-7-4-3-5-8-20/h3-15,24H,16-18H2,1-2H3,(H,28,31). The molecule has 0 saturated carbocycles. The first kappa shape index (κ1) is 23.9. The lowest BCUT2D eigenvalue weighted by Gasteiger charge is -2.31. The van der Waals surface area contributed by atoms with Gasteiger partial charge >= 0.3 is 0 Å². The van der Waals surface area contributed by atoms with Crippen LogP contribution in [0.5, 0.6) is 0 Å². The predicted molar refractivity (Wildman–Crippen MR) is 132 cm³/mol. The third-order valence-electron chi connectivity index (χ3n) is 5.14. The first-order valence-corrected chi connectivity index (χ1v) is 11.8. The van der Waals surface area contributed by atoms with E-state index in [4.69, 9.17) is 11.6 Å². The van der Waals surface area contributed by atoms with E-state index in [0.717, 1.165) is 16.0 Å².